The normalized spacial score (nSPS) is 12.3. The monoisotopic (exact) mass is 390 g/mol. The number of halogens is 2. The molecule has 124 valence electrons. The van der Waals surface area contributed by atoms with Crippen molar-refractivity contribution >= 4 is 54.8 Å². The van der Waals surface area contributed by atoms with E-state index in [4.69, 9.17) is 33.7 Å². The van der Waals surface area contributed by atoms with Crippen molar-refractivity contribution in [1.29, 1.82) is 10.5 Å². The quantitative estimate of drug-likeness (QED) is 0.731. The molecule has 2 aromatic rings. The van der Waals surface area contributed by atoms with Crippen LogP contribution in [0.25, 0.3) is 0 Å². The molecule has 9 heteroatoms. The van der Waals surface area contributed by atoms with Crippen LogP contribution in [0.5, 0.6) is 0 Å². The molecule has 0 atom stereocenters. The molecule has 6 nitrogen and oxygen atoms in total. The Labute approximate surface area is 154 Å². The molecule has 0 saturated heterocycles. The molecule has 0 bridgehead atoms. The van der Waals surface area contributed by atoms with E-state index in [1.54, 1.807) is 12.1 Å². The van der Waals surface area contributed by atoms with Gasteiger partial charge in [0.25, 0.3) is 0 Å². The predicted octanol–water partition coefficient (Wildman–Crippen LogP) is 4.10. The molecule has 0 aliphatic carbocycles. The fourth-order valence-electron chi connectivity index (χ4n) is 1.81. The Kier molecular flexibility index (Phi) is 5.89. The highest BCUT2D eigenvalue weighted by Gasteiger charge is 2.17. The van der Waals surface area contributed by atoms with Gasteiger partial charge in [0.2, 0.25) is 20.2 Å². The number of hydrogen-bond donors (Lipinski definition) is 0. The summed E-state index contributed by atoms with van der Waals surface area (Å²) in [4.78, 5) is 7.71. The summed E-state index contributed by atoms with van der Waals surface area (Å²) in [5.41, 5.74) is 0.725. The third-order valence-corrected chi connectivity index (χ3v) is 5.06. The molecule has 2 rings (SSSR count). The van der Waals surface area contributed by atoms with Crippen LogP contribution < -0.4 is 0 Å². The highest BCUT2D eigenvalue weighted by atomic mass is 35.5. The first-order chi connectivity index (χ1) is 11.9. The minimum absolute atomic E-state index is 0.0610. The van der Waals surface area contributed by atoms with Crippen LogP contribution in [-0.2, 0) is 9.84 Å². The molecule has 0 aliphatic rings. The lowest BCUT2D eigenvalue weighted by atomic mass is 10.3. The minimum atomic E-state index is -3.73. The maximum absolute atomic E-state index is 12.6. The zero-order chi connectivity index (χ0) is 18.4. The number of benzene rings is 2. The van der Waals surface area contributed by atoms with E-state index in [2.05, 4.69) is 9.98 Å². The number of hydrogen-bond acceptors (Lipinski definition) is 6. The Hall–Kier alpha value is -2.71. The van der Waals surface area contributed by atoms with Gasteiger partial charge in [0.05, 0.1) is 21.2 Å². The number of aliphatic imine (C=N–C) groups is 2. The summed E-state index contributed by atoms with van der Waals surface area (Å²) in [6.07, 6.45) is 0. The summed E-state index contributed by atoms with van der Waals surface area (Å²) in [5.74, 6) is 0. The van der Waals surface area contributed by atoms with Crippen LogP contribution in [-0.4, -0.2) is 18.8 Å². The molecule has 2 aromatic carbocycles. The van der Waals surface area contributed by atoms with Gasteiger partial charge in [-0.2, -0.15) is 10.5 Å². The molecule has 0 unspecified atom stereocenters. The second-order valence-corrected chi connectivity index (χ2v) is 7.19. The molecule has 0 aromatic heterocycles. The summed E-state index contributed by atoms with van der Waals surface area (Å²) in [5, 5.41) is 16.7. The van der Waals surface area contributed by atoms with E-state index in [9.17, 15) is 8.42 Å². The van der Waals surface area contributed by atoms with E-state index < -0.39 is 9.84 Å². The van der Waals surface area contributed by atoms with E-state index >= 15 is 0 Å². The van der Waals surface area contributed by atoms with E-state index in [1.807, 2.05) is 0 Å². The van der Waals surface area contributed by atoms with Crippen molar-refractivity contribution in [2.24, 2.45) is 9.98 Å². The van der Waals surface area contributed by atoms with Crippen molar-refractivity contribution in [2.45, 2.75) is 9.79 Å². The van der Waals surface area contributed by atoms with Crippen molar-refractivity contribution in [1.82, 2.24) is 0 Å². The predicted molar refractivity (Wildman–Crippen MR) is 95.5 cm³/mol. The van der Waals surface area contributed by atoms with Crippen molar-refractivity contribution in [3.63, 3.8) is 0 Å². The summed E-state index contributed by atoms with van der Waals surface area (Å²) in [6.45, 7) is 0. The Bertz CT molecular complexity index is 950. The second-order valence-electron chi connectivity index (χ2n) is 4.52. The van der Waals surface area contributed by atoms with E-state index in [1.165, 1.54) is 48.5 Å². The first kappa shape index (κ1) is 18.6. The van der Waals surface area contributed by atoms with Crippen LogP contribution in [0.1, 0.15) is 0 Å². The highest BCUT2D eigenvalue weighted by Crippen LogP contribution is 2.25. The van der Waals surface area contributed by atoms with Gasteiger partial charge < -0.3 is 0 Å². The van der Waals surface area contributed by atoms with Crippen molar-refractivity contribution in [3.05, 3.63) is 48.5 Å². The first-order valence-corrected chi connectivity index (χ1v) is 8.84. The Morgan fingerprint density at radius 3 is 1.36 bits per heavy atom. The molecule has 0 heterocycles. The van der Waals surface area contributed by atoms with Crippen LogP contribution in [0.3, 0.4) is 0 Å². The third-order valence-electron chi connectivity index (χ3n) is 2.93. The fourth-order valence-corrected chi connectivity index (χ4v) is 3.27. The maximum Gasteiger partial charge on any atom is 0.207 e. The van der Waals surface area contributed by atoms with Gasteiger partial charge in [-0.3, -0.25) is 0 Å². The lowest BCUT2D eigenvalue weighted by molar-refractivity contribution is 0.596. The fraction of sp³-hybridized carbons (Fsp3) is 0. The lowest BCUT2D eigenvalue weighted by Gasteiger charge is -2.05. The maximum atomic E-state index is 12.6. The zero-order valence-corrected chi connectivity index (χ0v) is 14.7. The third kappa shape index (κ3) is 4.65. The van der Waals surface area contributed by atoms with E-state index in [0.717, 1.165) is 0 Å². The standard InChI is InChI=1S/C16H8Cl2N4O2S/c17-15(9-19)21-11-1-5-13(6-2-11)25(23,24)14-7-3-12(4-8-14)22-16(18)10-20/h1-8H. The molecule has 0 amide bonds. The van der Waals surface area contributed by atoms with Gasteiger partial charge in [-0.15, -0.1) is 0 Å². The van der Waals surface area contributed by atoms with Gasteiger partial charge in [-0.1, -0.05) is 23.2 Å². The van der Waals surface area contributed by atoms with Crippen LogP contribution in [0.4, 0.5) is 11.4 Å². The average molecular weight is 391 g/mol. The van der Waals surface area contributed by atoms with Crippen LogP contribution in [0.2, 0.25) is 0 Å². The Morgan fingerprint density at radius 2 is 1.08 bits per heavy atom. The van der Waals surface area contributed by atoms with Gasteiger partial charge in [0, 0.05) is 0 Å². The SMILES string of the molecule is N#CC(Cl)=Nc1ccc(S(=O)(=O)c2ccc(N=C(Cl)C#N)cc2)cc1. The average Bonchev–Trinajstić information content (AvgIpc) is 2.62. The minimum Gasteiger partial charge on any atom is -0.226 e. The van der Waals surface area contributed by atoms with E-state index in [0.29, 0.717) is 11.4 Å². The Balaban J connectivity index is 2.33. The van der Waals surface area contributed by atoms with Gasteiger partial charge in [0.1, 0.15) is 12.1 Å². The molecule has 25 heavy (non-hydrogen) atoms. The summed E-state index contributed by atoms with van der Waals surface area (Å²) in [6, 6.07) is 14.6. The van der Waals surface area contributed by atoms with Crippen LogP contribution >= 0.6 is 23.2 Å². The van der Waals surface area contributed by atoms with Gasteiger partial charge in [-0.25, -0.2) is 18.4 Å². The Morgan fingerprint density at radius 1 is 0.760 bits per heavy atom. The van der Waals surface area contributed by atoms with Gasteiger partial charge in [-0.05, 0) is 48.5 Å². The van der Waals surface area contributed by atoms with Gasteiger partial charge in [0.15, 0.2) is 0 Å². The first-order valence-electron chi connectivity index (χ1n) is 6.60. The summed E-state index contributed by atoms with van der Waals surface area (Å²) >= 11 is 11.0. The number of nitriles is 2. The largest absolute Gasteiger partial charge is 0.226 e. The summed E-state index contributed by atoms with van der Waals surface area (Å²) in [7, 11) is -3.73. The zero-order valence-electron chi connectivity index (χ0n) is 12.4. The number of rotatable bonds is 4. The molecule has 0 saturated carbocycles. The van der Waals surface area contributed by atoms with Gasteiger partial charge >= 0.3 is 0 Å². The van der Waals surface area contributed by atoms with Crippen molar-refractivity contribution in [3.8, 4) is 12.1 Å². The van der Waals surface area contributed by atoms with Crippen molar-refractivity contribution in [2.75, 3.05) is 0 Å². The second kappa shape index (κ2) is 7.91. The summed E-state index contributed by atoms with van der Waals surface area (Å²) < 4.78 is 25.2. The number of nitrogens with zero attached hydrogens (tertiary/aromatic N) is 4. The smallest absolute Gasteiger partial charge is 0.207 e. The highest BCUT2D eigenvalue weighted by molar-refractivity contribution is 7.91. The number of sulfone groups is 1. The molecule has 0 radical (unpaired) electrons. The molecular weight excluding hydrogens is 383 g/mol. The molecule has 0 spiro atoms. The van der Waals surface area contributed by atoms with Crippen molar-refractivity contribution < 1.29 is 8.42 Å². The van der Waals surface area contributed by atoms with E-state index in [-0.39, 0.29) is 20.1 Å². The van der Waals surface area contributed by atoms with Crippen LogP contribution in [0.15, 0.2) is 68.3 Å². The molecule has 0 fully saturated rings. The lowest BCUT2D eigenvalue weighted by Crippen LogP contribution is -2.01. The topological polar surface area (TPSA) is 106 Å². The molecule has 0 N–H and O–H groups in total. The molecular formula is C16H8Cl2N4O2S. The molecule has 0 aliphatic heterocycles. The van der Waals surface area contributed by atoms with Crippen LogP contribution in [0, 0.1) is 22.7 Å².